The van der Waals surface area contributed by atoms with Crippen molar-refractivity contribution in [3.63, 3.8) is 0 Å². The Morgan fingerprint density at radius 1 is 1.65 bits per heavy atom. The molecular formula is C12H16FNO3. The summed E-state index contributed by atoms with van der Waals surface area (Å²) >= 11 is 0. The maximum atomic E-state index is 13.4. The molecule has 94 valence electrons. The number of amides is 1. The number of rotatable bonds is 2. The topological polar surface area (TPSA) is 46.6 Å². The Hall–Kier alpha value is -1.13. The first-order valence-electron chi connectivity index (χ1n) is 6.16. The average Bonchev–Trinajstić information content (AvgIpc) is 2.65. The molecule has 3 rings (SSSR count). The molecule has 4 nitrogen and oxygen atoms in total. The molecule has 2 aliphatic heterocycles. The molecule has 2 saturated heterocycles. The van der Waals surface area contributed by atoms with E-state index in [1.807, 2.05) is 0 Å². The van der Waals surface area contributed by atoms with Gasteiger partial charge in [-0.1, -0.05) is 0 Å². The van der Waals surface area contributed by atoms with E-state index in [2.05, 4.69) is 0 Å². The Morgan fingerprint density at radius 3 is 2.94 bits per heavy atom. The fourth-order valence-corrected chi connectivity index (χ4v) is 3.39. The van der Waals surface area contributed by atoms with Crippen molar-refractivity contribution in [3.8, 4) is 0 Å². The molecular weight excluding hydrogens is 225 g/mol. The van der Waals surface area contributed by atoms with Crippen molar-refractivity contribution in [2.75, 3.05) is 13.2 Å². The molecule has 1 spiro atoms. The number of esters is 1. The van der Waals surface area contributed by atoms with E-state index in [1.165, 1.54) is 0 Å². The molecule has 17 heavy (non-hydrogen) atoms. The van der Waals surface area contributed by atoms with Crippen LogP contribution < -0.4 is 0 Å². The van der Waals surface area contributed by atoms with Gasteiger partial charge in [0.1, 0.15) is 11.7 Å². The summed E-state index contributed by atoms with van der Waals surface area (Å²) in [5.74, 6) is -0.379. The standard InChI is InChI=1S/C12H16FNO3/c1-2-17-10(16)12-4-3-9(15)14(12)7-11(6-12)5-8(11)13/h8H,2-7H2,1H3/t8-,11-,12+/m1/s1. The van der Waals surface area contributed by atoms with Gasteiger partial charge in [-0.2, -0.15) is 0 Å². The predicted molar refractivity (Wildman–Crippen MR) is 56.9 cm³/mol. The number of fused-ring (bicyclic) bond motifs is 1. The molecule has 0 aromatic rings. The highest BCUT2D eigenvalue weighted by molar-refractivity contribution is 5.93. The van der Waals surface area contributed by atoms with E-state index in [9.17, 15) is 14.0 Å². The van der Waals surface area contributed by atoms with Crippen molar-refractivity contribution in [2.24, 2.45) is 5.41 Å². The van der Waals surface area contributed by atoms with Crippen LogP contribution in [-0.2, 0) is 14.3 Å². The maximum absolute atomic E-state index is 13.4. The van der Waals surface area contributed by atoms with Gasteiger partial charge in [0.25, 0.3) is 0 Å². The van der Waals surface area contributed by atoms with Crippen molar-refractivity contribution in [3.05, 3.63) is 0 Å². The highest BCUT2D eigenvalue weighted by Crippen LogP contribution is 2.62. The maximum Gasteiger partial charge on any atom is 0.332 e. The summed E-state index contributed by atoms with van der Waals surface area (Å²) in [5, 5.41) is 0. The lowest BCUT2D eigenvalue weighted by Gasteiger charge is -2.28. The van der Waals surface area contributed by atoms with Gasteiger partial charge >= 0.3 is 5.97 Å². The Morgan fingerprint density at radius 2 is 2.35 bits per heavy atom. The SMILES string of the molecule is CCOC(=O)[C@@]12CCC(=O)N1C[C@@]1(C[C@H]1F)C2. The minimum Gasteiger partial charge on any atom is -0.464 e. The molecule has 0 N–H and O–H groups in total. The van der Waals surface area contributed by atoms with Gasteiger partial charge in [-0.3, -0.25) is 4.79 Å². The van der Waals surface area contributed by atoms with Crippen LogP contribution in [0.4, 0.5) is 4.39 Å². The van der Waals surface area contributed by atoms with Crippen LogP contribution in [0.1, 0.15) is 32.6 Å². The average molecular weight is 241 g/mol. The van der Waals surface area contributed by atoms with E-state index in [1.54, 1.807) is 11.8 Å². The third-order valence-electron chi connectivity index (χ3n) is 4.43. The molecule has 2 heterocycles. The number of nitrogens with zero attached hydrogens (tertiary/aromatic N) is 1. The lowest BCUT2D eigenvalue weighted by atomic mass is 9.88. The zero-order chi connectivity index (χ0) is 12.3. The van der Waals surface area contributed by atoms with Crippen LogP contribution in [0.3, 0.4) is 0 Å². The largest absolute Gasteiger partial charge is 0.464 e. The van der Waals surface area contributed by atoms with Gasteiger partial charge in [0, 0.05) is 18.4 Å². The molecule has 0 radical (unpaired) electrons. The summed E-state index contributed by atoms with van der Waals surface area (Å²) in [6.07, 6.45) is 0.946. The molecule has 1 amide bonds. The molecule has 1 saturated carbocycles. The Labute approximate surface area is 99.1 Å². The monoisotopic (exact) mass is 241 g/mol. The lowest BCUT2D eigenvalue weighted by molar-refractivity contribution is -0.157. The van der Waals surface area contributed by atoms with Crippen LogP contribution in [0.25, 0.3) is 0 Å². The lowest BCUT2D eigenvalue weighted by Crippen LogP contribution is -2.48. The van der Waals surface area contributed by atoms with Crippen molar-refractivity contribution in [1.29, 1.82) is 0 Å². The summed E-state index contributed by atoms with van der Waals surface area (Å²) < 4.78 is 18.5. The van der Waals surface area contributed by atoms with Crippen molar-refractivity contribution >= 4 is 11.9 Å². The quantitative estimate of drug-likeness (QED) is 0.679. The van der Waals surface area contributed by atoms with Gasteiger partial charge in [0.05, 0.1) is 6.61 Å². The van der Waals surface area contributed by atoms with Gasteiger partial charge in [-0.05, 0) is 26.2 Å². The number of ether oxygens (including phenoxy) is 1. The van der Waals surface area contributed by atoms with Crippen LogP contribution >= 0.6 is 0 Å². The van der Waals surface area contributed by atoms with E-state index in [0.717, 1.165) is 0 Å². The minimum absolute atomic E-state index is 0.0333. The molecule has 3 fully saturated rings. The number of alkyl halides is 1. The number of carbonyl (C=O) groups is 2. The summed E-state index contributed by atoms with van der Waals surface area (Å²) in [4.78, 5) is 25.4. The van der Waals surface area contributed by atoms with Crippen molar-refractivity contribution < 1.29 is 18.7 Å². The Balaban J connectivity index is 1.90. The van der Waals surface area contributed by atoms with Gasteiger partial charge in [0.2, 0.25) is 5.91 Å². The number of carbonyl (C=O) groups excluding carboxylic acids is 2. The Bertz CT molecular complexity index is 399. The van der Waals surface area contributed by atoms with E-state index in [-0.39, 0.29) is 11.9 Å². The van der Waals surface area contributed by atoms with E-state index in [0.29, 0.717) is 38.8 Å². The van der Waals surface area contributed by atoms with Gasteiger partial charge in [-0.15, -0.1) is 0 Å². The third-order valence-corrected chi connectivity index (χ3v) is 4.43. The zero-order valence-electron chi connectivity index (χ0n) is 9.87. The van der Waals surface area contributed by atoms with Crippen molar-refractivity contribution in [1.82, 2.24) is 4.90 Å². The second-order valence-electron chi connectivity index (χ2n) is 5.44. The second kappa shape index (κ2) is 3.21. The molecule has 0 aromatic heterocycles. The van der Waals surface area contributed by atoms with Gasteiger partial charge in [-0.25, -0.2) is 9.18 Å². The van der Waals surface area contributed by atoms with E-state index < -0.39 is 17.1 Å². The number of hydrogen-bond donors (Lipinski definition) is 0. The van der Waals surface area contributed by atoms with Crippen LogP contribution in [0.15, 0.2) is 0 Å². The normalized spacial score (nSPS) is 43.1. The van der Waals surface area contributed by atoms with Crippen LogP contribution in [-0.4, -0.2) is 41.6 Å². The van der Waals surface area contributed by atoms with Crippen LogP contribution in [0, 0.1) is 5.41 Å². The highest BCUT2D eigenvalue weighted by atomic mass is 19.1. The molecule has 0 aromatic carbocycles. The first-order valence-corrected chi connectivity index (χ1v) is 6.16. The molecule has 5 heteroatoms. The van der Waals surface area contributed by atoms with Crippen molar-refractivity contribution in [2.45, 2.75) is 44.3 Å². The first kappa shape index (κ1) is 11.0. The minimum atomic E-state index is -0.854. The first-order chi connectivity index (χ1) is 8.04. The second-order valence-corrected chi connectivity index (χ2v) is 5.44. The molecule has 1 aliphatic carbocycles. The highest BCUT2D eigenvalue weighted by Gasteiger charge is 2.71. The third kappa shape index (κ3) is 1.28. The molecule has 3 aliphatic rings. The summed E-state index contributed by atoms with van der Waals surface area (Å²) in [6.45, 7) is 2.44. The predicted octanol–water partition coefficient (Wildman–Crippen LogP) is 1.04. The van der Waals surface area contributed by atoms with E-state index in [4.69, 9.17) is 4.74 Å². The van der Waals surface area contributed by atoms with Crippen LogP contribution in [0.5, 0.6) is 0 Å². The Kier molecular flexibility index (Phi) is 2.07. The smallest absolute Gasteiger partial charge is 0.332 e. The molecule has 0 bridgehead atoms. The summed E-state index contributed by atoms with van der Waals surface area (Å²) in [7, 11) is 0. The number of hydrogen-bond acceptors (Lipinski definition) is 3. The summed E-state index contributed by atoms with van der Waals surface area (Å²) in [5.41, 5.74) is -1.29. The van der Waals surface area contributed by atoms with Gasteiger partial charge in [0.15, 0.2) is 0 Å². The zero-order valence-corrected chi connectivity index (χ0v) is 9.87. The fraction of sp³-hybridized carbons (Fsp3) is 0.833. The van der Waals surface area contributed by atoms with E-state index >= 15 is 0 Å². The molecule has 3 atom stereocenters. The molecule has 0 unspecified atom stereocenters. The van der Waals surface area contributed by atoms with Gasteiger partial charge < -0.3 is 9.64 Å². The number of halogens is 1. The fourth-order valence-electron chi connectivity index (χ4n) is 3.39. The van der Waals surface area contributed by atoms with Crippen LogP contribution in [0.2, 0.25) is 0 Å². The summed E-state index contributed by atoms with van der Waals surface area (Å²) in [6, 6.07) is 0.